The maximum Gasteiger partial charge on any atom is 0.209 e. The lowest BCUT2D eigenvalue weighted by Crippen LogP contribution is -2.54. The zero-order valence-electron chi connectivity index (χ0n) is 11.1. The fourth-order valence-corrected chi connectivity index (χ4v) is 1.82. The molecule has 7 nitrogen and oxygen atoms in total. The Labute approximate surface area is 127 Å². The second-order valence-corrected chi connectivity index (χ2v) is 4.85. The summed E-state index contributed by atoms with van der Waals surface area (Å²) < 4.78 is 0. The molecule has 21 heavy (non-hydrogen) atoms. The minimum Gasteiger partial charge on any atom is -0.394 e. The molecule has 0 radical (unpaired) electrons. The van der Waals surface area contributed by atoms with Crippen LogP contribution >= 0.6 is 12.2 Å². The molecule has 0 saturated heterocycles. The second kappa shape index (κ2) is 8.13. The first kappa shape index (κ1) is 17.6. The monoisotopic (exact) mass is 314 g/mol. The van der Waals surface area contributed by atoms with Crippen molar-refractivity contribution >= 4 is 28.7 Å². The number of hydrogen-bond acceptors (Lipinski definition) is 7. The maximum atomic E-state index is 12.0. The number of carbonyl (C=O) groups is 1. The first-order chi connectivity index (χ1) is 9.88. The molecule has 0 amide bonds. The summed E-state index contributed by atoms with van der Waals surface area (Å²) >= 11 is 4.89. The standard InChI is InChI=1S/C13H18N2O5S/c14-9(11(19)10(18)8(17)6-16)12(20)13(21)15-7-4-2-1-3-5-7/h1-5,8-11,16-19H,6,14H2,(H,15,21)/t8-,9-,10-,11-/m1/s1. The Morgan fingerprint density at radius 3 is 2.29 bits per heavy atom. The predicted molar refractivity (Wildman–Crippen MR) is 80.8 cm³/mol. The van der Waals surface area contributed by atoms with E-state index in [2.05, 4.69) is 5.32 Å². The van der Waals surface area contributed by atoms with Crippen molar-refractivity contribution in [1.29, 1.82) is 0 Å². The van der Waals surface area contributed by atoms with Gasteiger partial charge in [0.2, 0.25) is 5.78 Å². The van der Waals surface area contributed by atoms with Crippen molar-refractivity contribution in [2.24, 2.45) is 5.73 Å². The number of aliphatic hydroxyl groups is 4. The largest absolute Gasteiger partial charge is 0.394 e. The molecule has 0 saturated carbocycles. The molecule has 0 aliphatic heterocycles. The zero-order chi connectivity index (χ0) is 16.0. The number of nitrogens with one attached hydrogen (secondary N) is 1. The van der Waals surface area contributed by atoms with Gasteiger partial charge in [0.05, 0.1) is 12.6 Å². The van der Waals surface area contributed by atoms with Gasteiger partial charge in [-0.25, -0.2) is 0 Å². The predicted octanol–water partition coefficient (Wildman–Crippen LogP) is -1.60. The Bertz CT molecular complexity index is 485. The van der Waals surface area contributed by atoms with Crippen LogP contribution in [0.4, 0.5) is 5.69 Å². The van der Waals surface area contributed by atoms with E-state index in [4.69, 9.17) is 23.1 Å². The summed E-state index contributed by atoms with van der Waals surface area (Å²) in [7, 11) is 0. The molecule has 0 unspecified atom stereocenters. The zero-order valence-corrected chi connectivity index (χ0v) is 11.9. The normalized spacial score (nSPS) is 16.6. The first-order valence-corrected chi connectivity index (χ1v) is 6.60. The average molecular weight is 314 g/mol. The van der Waals surface area contributed by atoms with Crippen LogP contribution in [0, 0.1) is 0 Å². The number of benzene rings is 1. The van der Waals surface area contributed by atoms with E-state index in [9.17, 15) is 20.1 Å². The van der Waals surface area contributed by atoms with E-state index in [1.165, 1.54) is 0 Å². The van der Waals surface area contributed by atoms with E-state index in [0.29, 0.717) is 5.69 Å². The van der Waals surface area contributed by atoms with Gasteiger partial charge < -0.3 is 31.5 Å². The summed E-state index contributed by atoms with van der Waals surface area (Å²) in [6.07, 6.45) is -5.11. The number of thiocarbonyl (C=S) groups is 1. The first-order valence-electron chi connectivity index (χ1n) is 6.19. The van der Waals surface area contributed by atoms with Gasteiger partial charge in [-0.15, -0.1) is 0 Å². The van der Waals surface area contributed by atoms with Gasteiger partial charge in [-0.3, -0.25) is 4.79 Å². The van der Waals surface area contributed by atoms with Gasteiger partial charge in [0.15, 0.2) is 0 Å². The summed E-state index contributed by atoms with van der Waals surface area (Å²) in [6.45, 7) is -0.772. The topological polar surface area (TPSA) is 136 Å². The number of ketones is 1. The molecule has 0 fully saturated rings. The maximum absolute atomic E-state index is 12.0. The van der Waals surface area contributed by atoms with Gasteiger partial charge in [0.25, 0.3) is 0 Å². The number of hydrogen-bond donors (Lipinski definition) is 6. The molecule has 0 aliphatic rings. The molecule has 0 heterocycles. The Morgan fingerprint density at radius 2 is 1.76 bits per heavy atom. The molecule has 1 aromatic rings. The molecule has 0 aliphatic carbocycles. The fraction of sp³-hybridized carbons (Fsp3) is 0.385. The van der Waals surface area contributed by atoms with Crippen LogP contribution < -0.4 is 11.1 Å². The number of para-hydroxylation sites is 1. The van der Waals surface area contributed by atoms with Crippen LogP contribution in [0.2, 0.25) is 0 Å². The van der Waals surface area contributed by atoms with Gasteiger partial charge in [0, 0.05) is 5.69 Å². The molecule has 8 heteroatoms. The van der Waals surface area contributed by atoms with Crippen molar-refractivity contribution in [3.63, 3.8) is 0 Å². The van der Waals surface area contributed by atoms with E-state index in [0.717, 1.165) is 0 Å². The third-order valence-electron chi connectivity index (χ3n) is 2.86. The highest BCUT2D eigenvalue weighted by Crippen LogP contribution is 2.09. The van der Waals surface area contributed by atoms with Crippen molar-refractivity contribution < 1.29 is 25.2 Å². The fourth-order valence-electron chi connectivity index (χ4n) is 1.57. The minimum atomic E-state index is -1.76. The Hall–Kier alpha value is -1.42. The number of anilines is 1. The molecule has 1 aromatic carbocycles. The number of rotatable bonds is 7. The van der Waals surface area contributed by atoms with E-state index >= 15 is 0 Å². The highest BCUT2D eigenvalue weighted by Gasteiger charge is 2.34. The summed E-state index contributed by atoms with van der Waals surface area (Å²) in [5.41, 5.74) is 6.11. The van der Waals surface area contributed by atoms with Crippen molar-refractivity contribution in [2.45, 2.75) is 24.4 Å². The molecule has 0 spiro atoms. The highest BCUT2D eigenvalue weighted by atomic mass is 32.1. The Kier molecular flexibility index (Phi) is 6.82. The van der Waals surface area contributed by atoms with Gasteiger partial charge in [0.1, 0.15) is 23.3 Å². The second-order valence-electron chi connectivity index (χ2n) is 4.44. The van der Waals surface area contributed by atoms with Crippen LogP contribution in [0.15, 0.2) is 30.3 Å². The van der Waals surface area contributed by atoms with E-state index in [1.54, 1.807) is 30.3 Å². The number of carbonyl (C=O) groups excluding carboxylic acids is 1. The number of aliphatic hydroxyl groups excluding tert-OH is 4. The lowest BCUT2D eigenvalue weighted by Gasteiger charge is -2.25. The molecule has 4 atom stereocenters. The van der Waals surface area contributed by atoms with E-state index in [1.807, 2.05) is 0 Å². The molecule has 7 N–H and O–H groups in total. The molecular weight excluding hydrogens is 296 g/mol. The summed E-state index contributed by atoms with van der Waals surface area (Å²) in [6, 6.07) is 7.12. The van der Waals surface area contributed by atoms with Crippen molar-refractivity contribution in [3.05, 3.63) is 30.3 Å². The smallest absolute Gasteiger partial charge is 0.209 e. The SMILES string of the molecule is N[C@@H](C(=O)C(=S)Nc1ccccc1)[C@@H](O)[C@H](O)[C@H](O)CO. The lowest BCUT2D eigenvalue weighted by molar-refractivity contribution is -0.123. The third-order valence-corrected chi connectivity index (χ3v) is 3.16. The Morgan fingerprint density at radius 1 is 1.19 bits per heavy atom. The molecule has 1 rings (SSSR count). The van der Waals surface area contributed by atoms with E-state index in [-0.39, 0.29) is 4.99 Å². The van der Waals surface area contributed by atoms with Gasteiger partial charge in [-0.05, 0) is 12.1 Å². The Balaban J connectivity index is 2.67. The molecule has 0 aromatic heterocycles. The minimum absolute atomic E-state index is 0.224. The average Bonchev–Trinajstić information content (AvgIpc) is 2.52. The van der Waals surface area contributed by atoms with Crippen LogP contribution in [0.5, 0.6) is 0 Å². The van der Waals surface area contributed by atoms with Gasteiger partial charge in [-0.2, -0.15) is 0 Å². The molecular formula is C13H18N2O5S. The van der Waals surface area contributed by atoms with Crippen LogP contribution in [0.1, 0.15) is 0 Å². The van der Waals surface area contributed by atoms with Crippen LogP contribution in [0.25, 0.3) is 0 Å². The number of nitrogens with two attached hydrogens (primary N) is 1. The van der Waals surface area contributed by atoms with Crippen LogP contribution in [-0.4, -0.2) is 62.2 Å². The van der Waals surface area contributed by atoms with Crippen molar-refractivity contribution in [1.82, 2.24) is 0 Å². The highest BCUT2D eigenvalue weighted by molar-refractivity contribution is 7.82. The van der Waals surface area contributed by atoms with Crippen LogP contribution in [-0.2, 0) is 4.79 Å². The molecule has 0 bridgehead atoms. The van der Waals surface area contributed by atoms with E-state index < -0.39 is 36.7 Å². The third kappa shape index (κ3) is 4.81. The number of Topliss-reactive ketones (excluding diaryl/α,β-unsaturated/α-hetero) is 1. The van der Waals surface area contributed by atoms with Crippen molar-refractivity contribution in [3.8, 4) is 0 Å². The summed E-state index contributed by atoms with van der Waals surface area (Å²) in [4.78, 5) is 11.7. The molecule has 116 valence electrons. The lowest BCUT2D eigenvalue weighted by atomic mass is 9.98. The summed E-state index contributed by atoms with van der Waals surface area (Å²) in [5, 5.41) is 39.8. The summed E-state index contributed by atoms with van der Waals surface area (Å²) in [5.74, 6) is -0.787. The van der Waals surface area contributed by atoms with Crippen molar-refractivity contribution in [2.75, 3.05) is 11.9 Å². The quantitative estimate of drug-likeness (QED) is 0.331. The van der Waals surface area contributed by atoms with Crippen LogP contribution in [0.3, 0.4) is 0 Å². The van der Waals surface area contributed by atoms with Gasteiger partial charge >= 0.3 is 0 Å². The van der Waals surface area contributed by atoms with Gasteiger partial charge in [-0.1, -0.05) is 30.4 Å².